The Morgan fingerprint density at radius 1 is 1.32 bits per heavy atom. The summed E-state index contributed by atoms with van der Waals surface area (Å²) in [6.45, 7) is 6.43. The van der Waals surface area contributed by atoms with Crippen molar-refractivity contribution in [2.24, 2.45) is 0 Å². The van der Waals surface area contributed by atoms with E-state index in [1.807, 2.05) is 0 Å². The Bertz CT molecular complexity index is 548. The minimum absolute atomic E-state index is 0.0157. The number of rotatable bonds is 3. The molecule has 0 aliphatic carbocycles. The van der Waals surface area contributed by atoms with Crippen LogP contribution in [0.3, 0.4) is 0 Å². The standard InChI is InChI=1S/C16H22FNO4/c1-16(2,3)22-15(19)11-8-14(12(17)9-13(11)18)21-10-4-6-20-7-5-10/h8-10H,4-7,18H2,1-3H3. The molecule has 22 heavy (non-hydrogen) atoms. The van der Waals surface area contributed by atoms with Gasteiger partial charge in [0.25, 0.3) is 0 Å². The third kappa shape index (κ3) is 4.34. The Morgan fingerprint density at radius 3 is 2.55 bits per heavy atom. The highest BCUT2D eigenvalue weighted by Crippen LogP contribution is 2.28. The maximum Gasteiger partial charge on any atom is 0.340 e. The van der Waals surface area contributed by atoms with Gasteiger partial charge in [-0.1, -0.05) is 0 Å². The molecule has 6 heteroatoms. The quantitative estimate of drug-likeness (QED) is 0.686. The number of hydrogen-bond donors (Lipinski definition) is 1. The summed E-state index contributed by atoms with van der Waals surface area (Å²) in [4.78, 5) is 12.1. The summed E-state index contributed by atoms with van der Waals surface area (Å²) in [5.41, 5.74) is 5.22. The fourth-order valence-electron chi connectivity index (χ4n) is 2.14. The van der Waals surface area contributed by atoms with Crippen LogP contribution >= 0.6 is 0 Å². The highest BCUT2D eigenvalue weighted by molar-refractivity contribution is 5.95. The molecule has 1 aromatic rings. The van der Waals surface area contributed by atoms with Gasteiger partial charge in [-0.15, -0.1) is 0 Å². The molecule has 1 aromatic carbocycles. The van der Waals surface area contributed by atoms with Crippen LogP contribution < -0.4 is 10.5 Å². The zero-order chi connectivity index (χ0) is 16.3. The number of carbonyl (C=O) groups excluding carboxylic acids is 1. The number of nitrogens with two attached hydrogens (primary N) is 1. The molecule has 0 amide bonds. The van der Waals surface area contributed by atoms with Crippen molar-refractivity contribution in [2.45, 2.75) is 45.3 Å². The number of benzene rings is 1. The van der Waals surface area contributed by atoms with Crippen LogP contribution in [0.25, 0.3) is 0 Å². The molecule has 1 saturated heterocycles. The van der Waals surface area contributed by atoms with Gasteiger partial charge < -0.3 is 19.9 Å². The second kappa shape index (κ2) is 6.52. The van der Waals surface area contributed by atoms with Crippen LogP contribution in [0.1, 0.15) is 44.0 Å². The Hall–Kier alpha value is -1.82. The molecule has 122 valence electrons. The molecule has 0 radical (unpaired) electrons. The van der Waals surface area contributed by atoms with Crippen LogP contribution in [0.15, 0.2) is 12.1 Å². The molecule has 1 aliphatic rings. The minimum Gasteiger partial charge on any atom is -0.487 e. The number of halogens is 1. The summed E-state index contributed by atoms with van der Waals surface area (Å²) < 4.78 is 30.2. The van der Waals surface area contributed by atoms with E-state index >= 15 is 0 Å². The zero-order valence-electron chi connectivity index (χ0n) is 13.1. The Kier molecular flexibility index (Phi) is 4.90. The highest BCUT2D eigenvalue weighted by atomic mass is 19.1. The van der Waals surface area contributed by atoms with E-state index in [2.05, 4.69) is 0 Å². The molecule has 0 saturated carbocycles. The highest BCUT2D eigenvalue weighted by Gasteiger charge is 2.23. The lowest BCUT2D eigenvalue weighted by atomic mass is 10.1. The van der Waals surface area contributed by atoms with E-state index in [1.165, 1.54) is 6.07 Å². The lowest BCUT2D eigenvalue weighted by molar-refractivity contribution is 0.00673. The minimum atomic E-state index is -0.653. The first-order valence-corrected chi connectivity index (χ1v) is 7.33. The van der Waals surface area contributed by atoms with Crippen LogP contribution in [0.2, 0.25) is 0 Å². The van der Waals surface area contributed by atoms with Gasteiger partial charge in [0.2, 0.25) is 0 Å². The summed E-state index contributed by atoms with van der Waals surface area (Å²) in [7, 11) is 0. The topological polar surface area (TPSA) is 70.8 Å². The van der Waals surface area contributed by atoms with Gasteiger partial charge in [0, 0.05) is 24.6 Å². The normalized spacial score (nSPS) is 16.4. The molecule has 1 fully saturated rings. The van der Waals surface area contributed by atoms with Crippen molar-refractivity contribution >= 4 is 11.7 Å². The monoisotopic (exact) mass is 311 g/mol. The first-order chi connectivity index (χ1) is 10.3. The number of esters is 1. The van der Waals surface area contributed by atoms with E-state index in [4.69, 9.17) is 19.9 Å². The smallest absolute Gasteiger partial charge is 0.340 e. The molecule has 0 bridgehead atoms. The predicted octanol–water partition coefficient (Wildman–Crippen LogP) is 2.92. The van der Waals surface area contributed by atoms with Crippen LogP contribution in [0, 0.1) is 5.82 Å². The Balaban J connectivity index is 2.20. The molecular formula is C16H22FNO4. The Morgan fingerprint density at radius 2 is 1.95 bits per heavy atom. The average molecular weight is 311 g/mol. The van der Waals surface area contributed by atoms with Crippen molar-refractivity contribution in [3.8, 4) is 5.75 Å². The van der Waals surface area contributed by atoms with E-state index in [0.717, 1.165) is 6.07 Å². The fraction of sp³-hybridized carbons (Fsp3) is 0.562. The Labute approximate surface area is 129 Å². The largest absolute Gasteiger partial charge is 0.487 e. The van der Waals surface area contributed by atoms with Crippen LogP contribution in [0.4, 0.5) is 10.1 Å². The van der Waals surface area contributed by atoms with Crippen LogP contribution in [-0.2, 0) is 9.47 Å². The zero-order valence-corrected chi connectivity index (χ0v) is 13.1. The predicted molar refractivity (Wildman–Crippen MR) is 80.4 cm³/mol. The number of hydrogen-bond acceptors (Lipinski definition) is 5. The SMILES string of the molecule is CC(C)(C)OC(=O)c1cc(OC2CCOCC2)c(F)cc1N. The number of anilines is 1. The first kappa shape index (κ1) is 16.5. The van der Waals surface area contributed by atoms with E-state index in [9.17, 15) is 9.18 Å². The van der Waals surface area contributed by atoms with Crippen molar-refractivity contribution in [3.05, 3.63) is 23.5 Å². The fourth-order valence-corrected chi connectivity index (χ4v) is 2.14. The van der Waals surface area contributed by atoms with Gasteiger partial charge in [0.15, 0.2) is 11.6 Å². The molecule has 0 unspecified atom stereocenters. The van der Waals surface area contributed by atoms with Crippen molar-refractivity contribution in [1.29, 1.82) is 0 Å². The van der Waals surface area contributed by atoms with Crippen molar-refractivity contribution < 1.29 is 23.4 Å². The van der Waals surface area contributed by atoms with E-state index in [1.54, 1.807) is 20.8 Å². The number of ether oxygens (including phenoxy) is 3. The van der Waals surface area contributed by atoms with Crippen molar-refractivity contribution in [3.63, 3.8) is 0 Å². The lowest BCUT2D eigenvalue weighted by Gasteiger charge is -2.24. The maximum absolute atomic E-state index is 14.0. The third-order valence-electron chi connectivity index (χ3n) is 3.18. The van der Waals surface area contributed by atoms with Gasteiger partial charge in [-0.3, -0.25) is 0 Å². The van der Waals surface area contributed by atoms with Gasteiger partial charge in [0.1, 0.15) is 11.7 Å². The van der Waals surface area contributed by atoms with Crippen molar-refractivity contribution in [2.75, 3.05) is 18.9 Å². The van der Waals surface area contributed by atoms with E-state index < -0.39 is 17.4 Å². The molecule has 0 spiro atoms. The summed E-state index contributed by atoms with van der Waals surface area (Å²) in [6, 6.07) is 2.40. The summed E-state index contributed by atoms with van der Waals surface area (Å²) in [5, 5.41) is 0. The molecule has 2 N–H and O–H groups in total. The third-order valence-corrected chi connectivity index (χ3v) is 3.18. The maximum atomic E-state index is 14.0. The first-order valence-electron chi connectivity index (χ1n) is 7.33. The molecule has 1 heterocycles. The average Bonchev–Trinajstić information content (AvgIpc) is 2.41. The number of nitrogen functional groups attached to an aromatic ring is 1. The summed E-state index contributed by atoms with van der Waals surface area (Å²) >= 11 is 0. The molecule has 1 aliphatic heterocycles. The van der Waals surface area contributed by atoms with Gasteiger partial charge in [-0.25, -0.2) is 9.18 Å². The van der Waals surface area contributed by atoms with Gasteiger partial charge in [0.05, 0.1) is 18.8 Å². The molecular weight excluding hydrogens is 289 g/mol. The summed E-state index contributed by atoms with van der Waals surface area (Å²) in [5.74, 6) is -1.17. The number of carbonyl (C=O) groups is 1. The van der Waals surface area contributed by atoms with Gasteiger partial charge in [-0.2, -0.15) is 0 Å². The summed E-state index contributed by atoms with van der Waals surface area (Å²) in [6.07, 6.45) is 1.25. The van der Waals surface area contributed by atoms with Crippen LogP contribution in [-0.4, -0.2) is 30.9 Å². The van der Waals surface area contributed by atoms with E-state index in [-0.39, 0.29) is 23.1 Å². The van der Waals surface area contributed by atoms with Gasteiger partial charge in [-0.05, 0) is 26.8 Å². The van der Waals surface area contributed by atoms with Crippen molar-refractivity contribution in [1.82, 2.24) is 0 Å². The molecule has 0 atom stereocenters. The second-order valence-corrected chi connectivity index (χ2v) is 6.30. The van der Waals surface area contributed by atoms with Gasteiger partial charge >= 0.3 is 5.97 Å². The van der Waals surface area contributed by atoms with Crippen LogP contribution in [0.5, 0.6) is 5.75 Å². The lowest BCUT2D eigenvalue weighted by Crippen LogP contribution is -2.27. The molecule has 5 nitrogen and oxygen atoms in total. The second-order valence-electron chi connectivity index (χ2n) is 6.30. The van der Waals surface area contributed by atoms with E-state index in [0.29, 0.717) is 26.1 Å². The molecule has 0 aromatic heterocycles. The molecule has 2 rings (SSSR count).